The molecule has 1 heterocycles. The highest BCUT2D eigenvalue weighted by Crippen LogP contribution is 2.19. The van der Waals surface area contributed by atoms with Gasteiger partial charge in [0.25, 0.3) is 5.91 Å². The van der Waals surface area contributed by atoms with Crippen molar-refractivity contribution < 1.29 is 9.32 Å². The Balaban J connectivity index is 2.52. The number of amides is 1. The first-order valence-electron chi connectivity index (χ1n) is 6.13. The van der Waals surface area contributed by atoms with Crippen molar-refractivity contribution in [1.29, 1.82) is 0 Å². The molecule has 0 unspecified atom stereocenters. The first kappa shape index (κ1) is 13.7. The van der Waals surface area contributed by atoms with E-state index in [9.17, 15) is 4.79 Å². The lowest BCUT2D eigenvalue weighted by Gasteiger charge is -2.24. The van der Waals surface area contributed by atoms with Gasteiger partial charge >= 0.3 is 0 Å². The average Bonchev–Trinajstić information content (AvgIpc) is 2.63. The molecule has 0 aliphatic heterocycles. The molecule has 0 aromatic carbocycles. The van der Waals surface area contributed by atoms with Crippen molar-refractivity contribution in [2.75, 3.05) is 6.54 Å². The van der Waals surface area contributed by atoms with Gasteiger partial charge < -0.3 is 9.84 Å². The summed E-state index contributed by atoms with van der Waals surface area (Å²) in [6, 6.07) is 1.65. The number of aryl methyl sites for hydroxylation is 1. The molecular weight excluding hydrogens is 216 g/mol. The highest BCUT2D eigenvalue weighted by molar-refractivity contribution is 5.91. The Bertz CT molecular complexity index is 361. The first-order valence-corrected chi connectivity index (χ1v) is 6.13. The zero-order chi connectivity index (χ0) is 13.0. The SMILES string of the molecule is Cc1cc(C(=O)NCC(C(C)C)C(C)C)on1. The fourth-order valence-corrected chi connectivity index (χ4v) is 2.01. The Morgan fingerprint density at radius 2 is 1.94 bits per heavy atom. The molecule has 0 radical (unpaired) electrons. The van der Waals surface area contributed by atoms with Crippen LogP contribution in [-0.4, -0.2) is 17.6 Å². The van der Waals surface area contributed by atoms with Crippen LogP contribution in [0.4, 0.5) is 0 Å². The third-order valence-corrected chi connectivity index (χ3v) is 3.06. The second-order valence-corrected chi connectivity index (χ2v) is 5.19. The predicted octanol–water partition coefficient (Wildman–Crippen LogP) is 2.64. The summed E-state index contributed by atoms with van der Waals surface area (Å²) in [5.41, 5.74) is 0.722. The van der Waals surface area contributed by atoms with Crippen LogP contribution in [0.25, 0.3) is 0 Å². The number of carbonyl (C=O) groups excluding carboxylic acids is 1. The highest BCUT2D eigenvalue weighted by atomic mass is 16.5. The molecule has 0 aliphatic carbocycles. The number of carbonyl (C=O) groups is 1. The highest BCUT2D eigenvalue weighted by Gasteiger charge is 2.19. The van der Waals surface area contributed by atoms with Crippen molar-refractivity contribution in [3.63, 3.8) is 0 Å². The average molecular weight is 238 g/mol. The van der Waals surface area contributed by atoms with E-state index in [-0.39, 0.29) is 11.7 Å². The van der Waals surface area contributed by atoms with Crippen LogP contribution in [0.3, 0.4) is 0 Å². The zero-order valence-corrected chi connectivity index (χ0v) is 11.3. The Morgan fingerprint density at radius 3 is 2.35 bits per heavy atom. The molecule has 0 saturated carbocycles. The summed E-state index contributed by atoms with van der Waals surface area (Å²) in [6.07, 6.45) is 0. The fraction of sp³-hybridized carbons (Fsp3) is 0.692. The van der Waals surface area contributed by atoms with Gasteiger partial charge in [-0.1, -0.05) is 32.9 Å². The van der Waals surface area contributed by atoms with Crippen LogP contribution in [0.1, 0.15) is 43.9 Å². The van der Waals surface area contributed by atoms with Crippen molar-refractivity contribution in [3.05, 3.63) is 17.5 Å². The third kappa shape index (κ3) is 3.88. The zero-order valence-electron chi connectivity index (χ0n) is 11.3. The fourth-order valence-electron chi connectivity index (χ4n) is 2.01. The van der Waals surface area contributed by atoms with Crippen molar-refractivity contribution in [2.45, 2.75) is 34.6 Å². The topological polar surface area (TPSA) is 55.1 Å². The first-order chi connectivity index (χ1) is 7.91. The summed E-state index contributed by atoms with van der Waals surface area (Å²) >= 11 is 0. The van der Waals surface area contributed by atoms with E-state index < -0.39 is 0 Å². The molecule has 1 rings (SSSR count). The number of hydrogen-bond acceptors (Lipinski definition) is 3. The second-order valence-electron chi connectivity index (χ2n) is 5.19. The molecule has 1 aromatic rings. The van der Waals surface area contributed by atoms with Crippen LogP contribution < -0.4 is 5.32 Å². The molecule has 0 aliphatic rings. The van der Waals surface area contributed by atoms with Gasteiger partial charge in [0, 0.05) is 12.6 Å². The van der Waals surface area contributed by atoms with E-state index in [1.807, 2.05) is 0 Å². The molecule has 96 valence electrons. The lowest BCUT2D eigenvalue weighted by molar-refractivity contribution is 0.0900. The van der Waals surface area contributed by atoms with E-state index in [1.54, 1.807) is 13.0 Å². The van der Waals surface area contributed by atoms with E-state index in [0.29, 0.717) is 24.3 Å². The Labute approximate surface area is 103 Å². The minimum absolute atomic E-state index is 0.183. The van der Waals surface area contributed by atoms with Crippen LogP contribution in [0.15, 0.2) is 10.6 Å². The Kier molecular flexibility index (Phi) is 4.73. The van der Waals surface area contributed by atoms with Crippen molar-refractivity contribution in [3.8, 4) is 0 Å². The molecule has 1 amide bonds. The van der Waals surface area contributed by atoms with E-state index in [4.69, 9.17) is 4.52 Å². The van der Waals surface area contributed by atoms with Crippen LogP contribution in [0.5, 0.6) is 0 Å². The van der Waals surface area contributed by atoms with Crippen molar-refractivity contribution in [2.24, 2.45) is 17.8 Å². The largest absolute Gasteiger partial charge is 0.351 e. The van der Waals surface area contributed by atoms with Crippen molar-refractivity contribution >= 4 is 5.91 Å². The normalized spacial score (nSPS) is 11.5. The molecular formula is C13H22N2O2. The van der Waals surface area contributed by atoms with Gasteiger partial charge in [0.2, 0.25) is 5.76 Å². The maximum Gasteiger partial charge on any atom is 0.289 e. The standard InChI is InChI=1S/C13H22N2O2/c1-8(2)11(9(3)4)7-14-13(16)12-6-10(5)15-17-12/h6,8-9,11H,7H2,1-5H3,(H,14,16). The minimum atomic E-state index is -0.183. The van der Waals surface area contributed by atoms with Gasteiger partial charge in [0.15, 0.2) is 0 Å². The van der Waals surface area contributed by atoms with E-state index in [0.717, 1.165) is 5.69 Å². The summed E-state index contributed by atoms with van der Waals surface area (Å²) in [4.78, 5) is 11.8. The molecule has 4 nitrogen and oxygen atoms in total. The Hall–Kier alpha value is -1.32. The number of rotatable bonds is 5. The smallest absolute Gasteiger partial charge is 0.289 e. The van der Waals surface area contributed by atoms with Crippen molar-refractivity contribution in [1.82, 2.24) is 10.5 Å². The van der Waals surface area contributed by atoms with Gasteiger partial charge in [-0.15, -0.1) is 0 Å². The van der Waals surface area contributed by atoms with Crippen LogP contribution >= 0.6 is 0 Å². The third-order valence-electron chi connectivity index (χ3n) is 3.06. The number of hydrogen-bond donors (Lipinski definition) is 1. The summed E-state index contributed by atoms with van der Waals surface area (Å²) < 4.78 is 4.92. The molecule has 17 heavy (non-hydrogen) atoms. The van der Waals surface area contributed by atoms with Crippen LogP contribution in [-0.2, 0) is 0 Å². The molecule has 0 saturated heterocycles. The number of nitrogens with zero attached hydrogens (tertiary/aromatic N) is 1. The molecule has 1 N–H and O–H groups in total. The summed E-state index contributed by atoms with van der Waals surface area (Å²) in [5, 5.41) is 6.60. The molecule has 0 bridgehead atoms. The number of nitrogens with one attached hydrogen (secondary N) is 1. The quantitative estimate of drug-likeness (QED) is 0.858. The minimum Gasteiger partial charge on any atom is -0.351 e. The van der Waals surface area contributed by atoms with Crippen LogP contribution in [0, 0.1) is 24.7 Å². The van der Waals surface area contributed by atoms with Gasteiger partial charge in [0.05, 0.1) is 5.69 Å². The molecule has 0 atom stereocenters. The Morgan fingerprint density at radius 1 is 1.35 bits per heavy atom. The van der Waals surface area contributed by atoms with Gasteiger partial charge in [-0.2, -0.15) is 0 Å². The maximum atomic E-state index is 11.8. The predicted molar refractivity (Wildman–Crippen MR) is 66.7 cm³/mol. The van der Waals surface area contributed by atoms with E-state index in [2.05, 4.69) is 38.2 Å². The van der Waals surface area contributed by atoms with E-state index in [1.165, 1.54) is 0 Å². The van der Waals surface area contributed by atoms with Gasteiger partial charge in [-0.25, -0.2) is 0 Å². The second kappa shape index (κ2) is 5.84. The summed E-state index contributed by atoms with van der Waals surface area (Å²) in [6.45, 7) is 11.2. The molecule has 1 aromatic heterocycles. The summed E-state index contributed by atoms with van der Waals surface area (Å²) in [7, 11) is 0. The molecule has 0 spiro atoms. The van der Waals surface area contributed by atoms with E-state index >= 15 is 0 Å². The lowest BCUT2D eigenvalue weighted by atomic mass is 9.85. The number of aromatic nitrogens is 1. The molecule has 0 fully saturated rings. The maximum absolute atomic E-state index is 11.8. The van der Waals surface area contributed by atoms with Gasteiger partial charge in [-0.3, -0.25) is 4.79 Å². The lowest BCUT2D eigenvalue weighted by Crippen LogP contribution is -2.33. The summed E-state index contributed by atoms with van der Waals surface area (Å²) in [5.74, 6) is 1.67. The molecule has 4 heteroatoms. The monoisotopic (exact) mass is 238 g/mol. The van der Waals surface area contributed by atoms with Crippen LogP contribution in [0.2, 0.25) is 0 Å². The van der Waals surface area contributed by atoms with Gasteiger partial charge in [0.1, 0.15) is 0 Å². The van der Waals surface area contributed by atoms with Gasteiger partial charge in [-0.05, 0) is 24.7 Å².